The summed E-state index contributed by atoms with van der Waals surface area (Å²) in [4.78, 5) is 4.80. The van der Waals surface area contributed by atoms with E-state index in [9.17, 15) is 0 Å². The van der Waals surface area contributed by atoms with Crippen molar-refractivity contribution < 1.29 is 18.9 Å². The first-order valence-electron chi connectivity index (χ1n) is 11.1. The molecule has 8 heteroatoms. The fourth-order valence-electron chi connectivity index (χ4n) is 2.96. The van der Waals surface area contributed by atoms with Crippen molar-refractivity contribution in [3.05, 3.63) is 59.7 Å². The van der Waals surface area contributed by atoms with Crippen LogP contribution in [0.1, 0.15) is 31.4 Å². The van der Waals surface area contributed by atoms with E-state index in [0.29, 0.717) is 38.9 Å². The largest absolute Gasteiger partial charge is 0.491 e. The number of halogens is 1. The normalized spacial score (nSPS) is 11.2. The summed E-state index contributed by atoms with van der Waals surface area (Å²) in [7, 11) is 3.38. The molecule has 0 spiro atoms. The summed E-state index contributed by atoms with van der Waals surface area (Å²) < 4.78 is 21.6. The third-order valence-corrected chi connectivity index (χ3v) is 4.50. The van der Waals surface area contributed by atoms with Crippen molar-refractivity contribution >= 4 is 35.6 Å². The molecule has 2 N–H and O–H groups in total. The molecule has 0 heterocycles. The van der Waals surface area contributed by atoms with Gasteiger partial charge in [0.15, 0.2) is 5.96 Å². The maximum Gasteiger partial charge on any atom is 0.196 e. The van der Waals surface area contributed by atoms with E-state index in [4.69, 9.17) is 23.9 Å². The minimum atomic E-state index is 0. The summed E-state index contributed by atoms with van der Waals surface area (Å²) in [5, 5.41) is 6.78. The Morgan fingerprint density at radius 3 is 2.30 bits per heavy atom. The van der Waals surface area contributed by atoms with E-state index in [2.05, 4.69) is 22.8 Å². The van der Waals surface area contributed by atoms with Crippen molar-refractivity contribution in [1.29, 1.82) is 0 Å². The lowest BCUT2D eigenvalue weighted by atomic mass is 10.1. The predicted molar refractivity (Wildman–Crippen MR) is 145 cm³/mol. The van der Waals surface area contributed by atoms with E-state index < -0.39 is 0 Å². The Kier molecular flexibility index (Phi) is 15.5. The van der Waals surface area contributed by atoms with Crippen molar-refractivity contribution in [2.45, 2.75) is 39.5 Å². The van der Waals surface area contributed by atoms with Crippen LogP contribution in [0.5, 0.6) is 5.75 Å². The standard InChI is InChI=1S/C25H37N3O4.HI/c1-20(2)32-24-12-10-23(11-13-24)28-25(26-14-7-15-31-17-16-29-3)27-18-21-8-5-6-9-22(21)19-30-4;/h5-6,8-13,20H,7,14-19H2,1-4H3,(H2,26,27,28);1H. The van der Waals surface area contributed by atoms with Crippen LogP contribution >= 0.6 is 24.0 Å². The highest BCUT2D eigenvalue weighted by molar-refractivity contribution is 14.0. The molecule has 2 rings (SSSR count). The van der Waals surface area contributed by atoms with Gasteiger partial charge in [-0.1, -0.05) is 24.3 Å². The van der Waals surface area contributed by atoms with E-state index >= 15 is 0 Å². The van der Waals surface area contributed by atoms with Crippen LogP contribution in [-0.2, 0) is 27.4 Å². The summed E-state index contributed by atoms with van der Waals surface area (Å²) in [5.41, 5.74) is 3.22. The van der Waals surface area contributed by atoms with Gasteiger partial charge in [0.05, 0.1) is 32.5 Å². The van der Waals surface area contributed by atoms with Crippen molar-refractivity contribution in [3.63, 3.8) is 0 Å². The third-order valence-electron chi connectivity index (χ3n) is 4.50. The van der Waals surface area contributed by atoms with Gasteiger partial charge in [0.1, 0.15) is 5.75 Å². The minimum absolute atomic E-state index is 0. The van der Waals surface area contributed by atoms with Crippen LogP contribution in [-0.4, -0.2) is 52.6 Å². The van der Waals surface area contributed by atoms with E-state index in [1.165, 1.54) is 0 Å². The molecule has 0 aliphatic carbocycles. The topological polar surface area (TPSA) is 73.3 Å². The Labute approximate surface area is 215 Å². The van der Waals surface area contributed by atoms with Crippen molar-refractivity contribution in [3.8, 4) is 5.75 Å². The third kappa shape index (κ3) is 12.2. The molecule has 0 atom stereocenters. The number of nitrogens with one attached hydrogen (secondary N) is 2. The Morgan fingerprint density at radius 2 is 1.64 bits per heavy atom. The first-order chi connectivity index (χ1) is 15.6. The van der Waals surface area contributed by atoms with Gasteiger partial charge in [-0.25, -0.2) is 4.99 Å². The fourth-order valence-corrected chi connectivity index (χ4v) is 2.96. The molecule has 0 aliphatic heterocycles. The van der Waals surface area contributed by atoms with Crippen LogP contribution in [0.4, 0.5) is 5.69 Å². The van der Waals surface area contributed by atoms with Crippen LogP contribution < -0.4 is 15.4 Å². The second-order valence-electron chi connectivity index (χ2n) is 7.57. The highest BCUT2D eigenvalue weighted by Crippen LogP contribution is 2.17. The zero-order valence-corrected chi connectivity index (χ0v) is 22.5. The van der Waals surface area contributed by atoms with Crippen LogP contribution in [0.3, 0.4) is 0 Å². The lowest BCUT2D eigenvalue weighted by molar-refractivity contribution is 0.0699. The molecule has 0 unspecified atom stereocenters. The molecule has 184 valence electrons. The molecule has 7 nitrogen and oxygen atoms in total. The van der Waals surface area contributed by atoms with E-state index in [-0.39, 0.29) is 30.1 Å². The number of aliphatic imine (C=N–C) groups is 1. The fraction of sp³-hybridized carbons (Fsp3) is 0.480. The van der Waals surface area contributed by atoms with Gasteiger partial charge in [0, 0.05) is 33.1 Å². The maximum atomic E-state index is 5.73. The lowest BCUT2D eigenvalue weighted by Gasteiger charge is -2.15. The minimum Gasteiger partial charge on any atom is -0.491 e. The number of guanidine groups is 1. The molecule has 0 amide bonds. The number of hydrogen-bond donors (Lipinski definition) is 2. The Bertz CT molecular complexity index is 800. The Balaban J connectivity index is 0.00000544. The smallest absolute Gasteiger partial charge is 0.196 e. The average Bonchev–Trinajstić information content (AvgIpc) is 2.78. The highest BCUT2D eigenvalue weighted by atomic mass is 127. The van der Waals surface area contributed by atoms with Gasteiger partial charge in [-0.15, -0.1) is 24.0 Å². The van der Waals surface area contributed by atoms with Crippen molar-refractivity contribution in [2.24, 2.45) is 4.99 Å². The van der Waals surface area contributed by atoms with E-state index in [1.54, 1.807) is 14.2 Å². The van der Waals surface area contributed by atoms with Gasteiger partial charge in [-0.05, 0) is 55.7 Å². The lowest BCUT2D eigenvalue weighted by Crippen LogP contribution is -2.32. The molecule has 0 aromatic heterocycles. The van der Waals surface area contributed by atoms with Gasteiger partial charge in [0.2, 0.25) is 0 Å². The molecule has 0 radical (unpaired) electrons. The summed E-state index contributed by atoms with van der Waals surface area (Å²) in [6, 6.07) is 16.1. The van der Waals surface area contributed by atoms with Crippen LogP contribution in [0.25, 0.3) is 0 Å². The molecule has 2 aromatic rings. The summed E-state index contributed by atoms with van der Waals surface area (Å²) in [5.74, 6) is 1.56. The molecule has 33 heavy (non-hydrogen) atoms. The number of ether oxygens (including phenoxy) is 4. The first kappa shape index (κ1) is 29.2. The molecule has 0 saturated carbocycles. The summed E-state index contributed by atoms with van der Waals surface area (Å²) in [6.45, 7) is 7.78. The van der Waals surface area contributed by atoms with Crippen LogP contribution in [0, 0.1) is 0 Å². The van der Waals surface area contributed by atoms with Gasteiger partial charge < -0.3 is 29.6 Å². The van der Waals surface area contributed by atoms with E-state index in [1.807, 2.05) is 50.2 Å². The molecule has 0 saturated heterocycles. The summed E-state index contributed by atoms with van der Waals surface area (Å²) in [6.07, 6.45) is 1.01. The monoisotopic (exact) mass is 571 g/mol. The SMILES string of the molecule is COCCOCCCNC(=NCc1ccccc1COC)Nc1ccc(OC(C)C)cc1.I. The van der Waals surface area contributed by atoms with Gasteiger partial charge in [-0.2, -0.15) is 0 Å². The number of hydrogen-bond acceptors (Lipinski definition) is 5. The van der Waals surface area contributed by atoms with Gasteiger partial charge >= 0.3 is 0 Å². The number of nitrogens with zero attached hydrogens (tertiary/aromatic N) is 1. The van der Waals surface area contributed by atoms with Crippen LogP contribution in [0.2, 0.25) is 0 Å². The second-order valence-corrected chi connectivity index (χ2v) is 7.57. The number of rotatable bonds is 14. The molecular weight excluding hydrogens is 533 g/mol. The first-order valence-corrected chi connectivity index (χ1v) is 11.1. The quantitative estimate of drug-likeness (QED) is 0.146. The predicted octanol–water partition coefficient (Wildman–Crippen LogP) is 4.85. The molecule has 0 fully saturated rings. The average molecular weight is 572 g/mol. The molecule has 0 aliphatic rings. The Morgan fingerprint density at radius 1 is 0.909 bits per heavy atom. The van der Waals surface area contributed by atoms with Crippen molar-refractivity contribution in [1.82, 2.24) is 5.32 Å². The van der Waals surface area contributed by atoms with Crippen molar-refractivity contribution in [2.75, 3.05) is 45.9 Å². The molecule has 0 bridgehead atoms. The maximum absolute atomic E-state index is 5.73. The summed E-state index contributed by atoms with van der Waals surface area (Å²) >= 11 is 0. The van der Waals surface area contributed by atoms with Gasteiger partial charge in [-0.3, -0.25) is 0 Å². The highest BCUT2D eigenvalue weighted by Gasteiger charge is 2.05. The van der Waals surface area contributed by atoms with Gasteiger partial charge in [0.25, 0.3) is 0 Å². The van der Waals surface area contributed by atoms with E-state index in [0.717, 1.165) is 35.5 Å². The number of benzene rings is 2. The molecular formula is C25H38IN3O4. The number of anilines is 1. The second kappa shape index (κ2) is 17.6. The zero-order valence-electron chi connectivity index (χ0n) is 20.1. The van der Waals surface area contributed by atoms with Crippen LogP contribution in [0.15, 0.2) is 53.5 Å². The zero-order chi connectivity index (χ0) is 23.0. The molecule has 2 aromatic carbocycles. The Hall–Kier alpha value is -1.88. The number of methoxy groups -OCH3 is 2.